The molecule has 2 N–H and O–H groups in total. The van der Waals surface area contributed by atoms with Gasteiger partial charge in [-0.2, -0.15) is 0 Å². The highest BCUT2D eigenvalue weighted by atomic mass is 35.5. The summed E-state index contributed by atoms with van der Waals surface area (Å²) < 4.78 is 5.73. The SMILES string of the molecule is O=C(/C=C/c1ccc(-c2cc(Cl)cc(Cl)c2)o1)NC(=S)Nc1nc(-c2ccccc2)cs1. The molecule has 0 saturated carbocycles. The Balaban J connectivity index is 1.33. The number of nitrogens with zero attached hydrogens (tertiary/aromatic N) is 1. The average molecular weight is 500 g/mol. The van der Waals surface area contributed by atoms with Gasteiger partial charge in [0.1, 0.15) is 11.5 Å². The fourth-order valence-corrected chi connectivity index (χ4v) is 4.32. The number of halogens is 2. The summed E-state index contributed by atoms with van der Waals surface area (Å²) in [5.74, 6) is 0.688. The van der Waals surface area contributed by atoms with Crippen LogP contribution >= 0.6 is 46.8 Å². The standard InChI is InChI=1S/C23H15Cl2N3O2S2/c24-16-10-15(11-17(25)12-16)20-8-6-18(30-20)7-9-21(29)27-22(31)28-23-26-19(13-32-23)14-4-2-1-3-5-14/h1-13H,(H2,26,27,28,29,31)/b9-7+. The molecule has 9 heteroatoms. The maximum atomic E-state index is 12.2. The average Bonchev–Trinajstić information content (AvgIpc) is 3.42. The Labute approximate surface area is 203 Å². The minimum Gasteiger partial charge on any atom is -0.457 e. The predicted octanol–water partition coefficient (Wildman–Crippen LogP) is 6.90. The van der Waals surface area contributed by atoms with Crippen molar-refractivity contribution in [3.05, 3.63) is 87.9 Å². The van der Waals surface area contributed by atoms with Crippen molar-refractivity contribution < 1.29 is 9.21 Å². The minimum atomic E-state index is -0.397. The Morgan fingerprint density at radius 1 is 1.03 bits per heavy atom. The second-order valence-electron chi connectivity index (χ2n) is 6.54. The molecule has 0 atom stereocenters. The third-order valence-electron chi connectivity index (χ3n) is 4.20. The molecular formula is C23H15Cl2N3O2S2. The minimum absolute atomic E-state index is 0.155. The van der Waals surface area contributed by atoms with E-state index in [1.54, 1.807) is 36.4 Å². The zero-order valence-corrected chi connectivity index (χ0v) is 19.5. The number of benzene rings is 2. The van der Waals surface area contributed by atoms with Gasteiger partial charge in [-0.15, -0.1) is 11.3 Å². The number of hydrogen-bond acceptors (Lipinski definition) is 5. The van der Waals surface area contributed by atoms with Crippen LogP contribution in [0.3, 0.4) is 0 Å². The highest BCUT2D eigenvalue weighted by molar-refractivity contribution is 7.80. The number of furan rings is 1. The van der Waals surface area contributed by atoms with Gasteiger partial charge in [-0.05, 0) is 48.6 Å². The van der Waals surface area contributed by atoms with Gasteiger partial charge < -0.3 is 9.73 Å². The number of amides is 1. The van der Waals surface area contributed by atoms with E-state index in [1.807, 2.05) is 35.7 Å². The first kappa shape index (κ1) is 22.2. The summed E-state index contributed by atoms with van der Waals surface area (Å²) in [4.78, 5) is 16.7. The van der Waals surface area contributed by atoms with Crippen LogP contribution in [0.4, 0.5) is 5.13 Å². The summed E-state index contributed by atoms with van der Waals surface area (Å²) in [5.41, 5.74) is 2.59. The van der Waals surface area contributed by atoms with E-state index in [0.717, 1.165) is 16.8 Å². The van der Waals surface area contributed by atoms with Gasteiger partial charge in [0.15, 0.2) is 10.2 Å². The Kier molecular flexibility index (Phi) is 7.02. The second-order valence-corrected chi connectivity index (χ2v) is 8.68. The first-order valence-electron chi connectivity index (χ1n) is 9.33. The maximum Gasteiger partial charge on any atom is 0.250 e. The summed E-state index contributed by atoms with van der Waals surface area (Å²) in [5, 5.41) is 9.20. The molecule has 32 heavy (non-hydrogen) atoms. The Hall–Kier alpha value is -2.97. The Morgan fingerprint density at radius 3 is 2.53 bits per heavy atom. The third kappa shape index (κ3) is 5.83. The number of thiazole rings is 1. The molecule has 1 amide bonds. The number of carbonyl (C=O) groups excluding carboxylic acids is 1. The lowest BCUT2D eigenvalue weighted by molar-refractivity contribution is -0.115. The monoisotopic (exact) mass is 499 g/mol. The smallest absolute Gasteiger partial charge is 0.250 e. The van der Waals surface area contributed by atoms with E-state index >= 15 is 0 Å². The molecule has 0 aliphatic carbocycles. The number of aromatic nitrogens is 1. The first-order chi connectivity index (χ1) is 15.5. The van der Waals surface area contributed by atoms with Crippen molar-refractivity contribution in [3.63, 3.8) is 0 Å². The lowest BCUT2D eigenvalue weighted by atomic mass is 10.2. The van der Waals surface area contributed by atoms with E-state index in [9.17, 15) is 4.79 Å². The molecule has 4 aromatic rings. The van der Waals surface area contributed by atoms with Crippen molar-refractivity contribution >= 4 is 69.0 Å². The molecular weight excluding hydrogens is 485 g/mol. The summed E-state index contributed by atoms with van der Waals surface area (Å²) >= 11 is 18.7. The van der Waals surface area contributed by atoms with Crippen molar-refractivity contribution in [3.8, 4) is 22.6 Å². The number of nitrogens with one attached hydrogen (secondary N) is 2. The first-order valence-corrected chi connectivity index (χ1v) is 11.4. The highest BCUT2D eigenvalue weighted by Crippen LogP contribution is 2.29. The molecule has 0 fully saturated rings. The molecule has 0 unspecified atom stereocenters. The van der Waals surface area contributed by atoms with Crippen LogP contribution in [0.1, 0.15) is 5.76 Å². The topological polar surface area (TPSA) is 67.2 Å². The van der Waals surface area contributed by atoms with Crippen molar-refractivity contribution in [2.45, 2.75) is 0 Å². The van der Waals surface area contributed by atoms with Gasteiger partial charge in [0, 0.05) is 32.6 Å². The van der Waals surface area contributed by atoms with E-state index in [1.165, 1.54) is 17.4 Å². The molecule has 0 bridgehead atoms. The van der Waals surface area contributed by atoms with Crippen molar-refractivity contribution in [1.82, 2.24) is 10.3 Å². The summed E-state index contributed by atoms with van der Waals surface area (Å²) in [6, 6.07) is 18.5. The zero-order chi connectivity index (χ0) is 22.5. The van der Waals surface area contributed by atoms with Gasteiger partial charge in [0.05, 0.1) is 5.69 Å². The van der Waals surface area contributed by atoms with E-state index < -0.39 is 5.91 Å². The van der Waals surface area contributed by atoms with E-state index in [0.29, 0.717) is 26.7 Å². The van der Waals surface area contributed by atoms with Gasteiger partial charge in [-0.25, -0.2) is 4.98 Å². The maximum absolute atomic E-state index is 12.2. The van der Waals surface area contributed by atoms with Gasteiger partial charge in [0.2, 0.25) is 5.91 Å². The van der Waals surface area contributed by atoms with Crippen molar-refractivity contribution in [2.24, 2.45) is 0 Å². The number of hydrogen-bond donors (Lipinski definition) is 2. The predicted molar refractivity (Wildman–Crippen MR) is 135 cm³/mol. The summed E-state index contributed by atoms with van der Waals surface area (Å²) in [7, 11) is 0. The molecule has 4 rings (SSSR count). The molecule has 2 aromatic carbocycles. The van der Waals surface area contributed by atoms with Gasteiger partial charge in [-0.1, -0.05) is 53.5 Å². The van der Waals surface area contributed by atoms with Crippen LogP contribution in [0.2, 0.25) is 10.0 Å². The Bertz CT molecular complexity index is 1280. The van der Waals surface area contributed by atoms with Gasteiger partial charge >= 0.3 is 0 Å². The lowest BCUT2D eigenvalue weighted by Crippen LogP contribution is -2.32. The molecule has 2 aromatic heterocycles. The van der Waals surface area contributed by atoms with Crippen molar-refractivity contribution in [2.75, 3.05) is 5.32 Å². The quantitative estimate of drug-likeness (QED) is 0.230. The zero-order valence-electron chi connectivity index (χ0n) is 16.3. The fraction of sp³-hybridized carbons (Fsp3) is 0. The van der Waals surface area contributed by atoms with Crippen LogP contribution in [0, 0.1) is 0 Å². The van der Waals surface area contributed by atoms with Crippen LogP contribution < -0.4 is 10.6 Å². The van der Waals surface area contributed by atoms with E-state index in [-0.39, 0.29) is 5.11 Å². The highest BCUT2D eigenvalue weighted by Gasteiger charge is 2.09. The molecule has 160 valence electrons. The van der Waals surface area contributed by atoms with Crippen LogP contribution in [0.15, 0.2) is 76.5 Å². The van der Waals surface area contributed by atoms with Crippen LogP contribution in [0.25, 0.3) is 28.7 Å². The molecule has 0 spiro atoms. The largest absolute Gasteiger partial charge is 0.457 e. The number of rotatable bonds is 5. The molecule has 0 radical (unpaired) electrons. The molecule has 0 aliphatic rings. The fourth-order valence-electron chi connectivity index (χ4n) is 2.81. The van der Waals surface area contributed by atoms with E-state index in [4.69, 9.17) is 39.8 Å². The van der Waals surface area contributed by atoms with Gasteiger partial charge in [-0.3, -0.25) is 10.1 Å². The van der Waals surface area contributed by atoms with Crippen LogP contribution in [-0.2, 0) is 4.79 Å². The number of carbonyl (C=O) groups is 1. The summed E-state index contributed by atoms with van der Waals surface area (Å²) in [6.45, 7) is 0. The molecule has 2 heterocycles. The molecule has 0 saturated heterocycles. The molecule has 5 nitrogen and oxygen atoms in total. The van der Waals surface area contributed by atoms with E-state index in [2.05, 4.69) is 15.6 Å². The van der Waals surface area contributed by atoms with Crippen molar-refractivity contribution in [1.29, 1.82) is 0 Å². The third-order valence-corrected chi connectivity index (χ3v) is 5.60. The Morgan fingerprint density at radius 2 is 1.78 bits per heavy atom. The summed E-state index contributed by atoms with van der Waals surface area (Å²) in [6.07, 6.45) is 2.88. The molecule has 0 aliphatic heterocycles. The number of thiocarbonyl (C=S) groups is 1. The number of anilines is 1. The van der Waals surface area contributed by atoms with Crippen LogP contribution in [0.5, 0.6) is 0 Å². The van der Waals surface area contributed by atoms with Gasteiger partial charge in [0.25, 0.3) is 0 Å². The van der Waals surface area contributed by atoms with Crippen LogP contribution in [-0.4, -0.2) is 16.0 Å². The normalized spacial score (nSPS) is 10.9. The second kappa shape index (κ2) is 10.1. The lowest BCUT2D eigenvalue weighted by Gasteiger charge is -2.04.